The molecule has 0 saturated carbocycles. The Balaban J connectivity index is 2.16. The minimum Gasteiger partial charge on any atom is -0.497 e. The van der Waals surface area contributed by atoms with Crippen LogP contribution < -0.4 is 19.1 Å². The molecule has 43 heavy (non-hydrogen) atoms. The van der Waals surface area contributed by atoms with Gasteiger partial charge in [0.2, 0.25) is 11.8 Å². The van der Waals surface area contributed by atoms with Crippen LogP contribution in [0.25, 0.3) is 0 Å². The molecule has 0 saturated heterocycles. The molecule has 0 bridgehead atoms. The van der Waals surface area contributed by atoms with Crippen LogP contribution in [0, 0.1) is 5.92 Å². The van der Waals surface area contributed by atoms with Crippen LogP contribution in [0.1, 0.15) is 32.8 Å². The van der Waals surface area contributed by atoms with Gasteiger partial charge in [0, 0.05) is 34.8 Å². The van der Waals surface area contributed by atoms with Gasteiger partial charge in [-0.2, -0.15) is 0 Å². The molecule has 0 aliphatic rings. The van der Waals surface area contributed by atoms with Gasteiger partial charge in [0.1, 0.15) is 24.1 Å². The number of hydrogen-bond donors (Lipinski definition) is 1. The number of ether oxygens (including phenoxy) is 2. The van der Waals surface area contributed by atoms with Gasteiger partial charge in [-0.1, -0.05) is 68.2 Å². The summed E-state index contributed by atoms with van der Waals surface area (Å²) in [6.07, 6.45) is 0.256. The number of carbonyl (C=O) groups is 2. The van der Waals surface area contributed by atoms with Gasteiger partial charge in [-0.05, 0) is 48.7 Å². The van der Waals surface area contributed by atoms with E-state index in [1.54, 1.807) is 55.5 Å². The molecule has 0 fully saturated rings. The summed E-state index contributed by atoms with van der Waals surface area (Å²) in [5, 5.41) is 3.51. The Hall–Kier alpha value is -3.47. The maximum absolute atomic E-state index is 14.3. The van der Waals surface area contributed by atoms with Crippen molar-refractivity contribution in [1.82, 2.24) is 10.2 Å². The number of amides is 2. The van der Waals surface area contributed by atoms with Crippen molar-refractivity contribution in [3.63, 3.8) is 0 Å². The first-order valence-corrected chi connectivity index (χ1v) is 15.9. The van der Waals surface area contributed by atoms with Gasteiger partial charge in [-0.3, -0.25) is 13.9 Å². The Bertz CT molecular complexity index is 1500. The lowest BCUT2D eigenvalue weighted by molar-refractivity contribution is -0.140. The number of methoxy groups -OCH3 is 2. The van der Waals surface area contributed by atoms with E-state index in [1.165, 1.54) is 37.3 Å². The van der Waals surface area contributed by atoms with E-state index in [2.05, 4.69) is 5.32 Å². The van der Waals surface area contributed by atoms with Crippen LogP contribution in [0.15, 0.2) is 71.6 Å². The summed E-state index contributed by atoms with van der Waals surface area (Å²) < 4.78 is 40.1. The lowest BCUT2D eigenvalue weighted by Crippen LogP contribution is -2.52. The van der Waals surface area contributed by atoms with Crippen LogP contribution in [0.2, 0.25) is 10.0 Å². The Morgan fingerprint density at radius 1 is 0.930 bits per heavy atom. The largest absolute Gasteiger partial charge is 0.497 e. The Morgan fingerprint density at radius 2 is 1.58 bits per heavy atom. The number of nitrogens with one attached hydrogen (secondary N) is 1. The fraction of sp³-hybridized carbons (Fsp3) is 0.355. The first-order valence-electron chi connectivity index (χ1n) is 13.7. The molecule has 12 heteroatoms. The zero-order valence-corrected chi connectivity index (χ0v) is 27.2. The Morgan fingerprint density at radius 3 is 2.14 bits per heavy atom. The fourth-order valence-corrected chi connectivity index (χ4v) is 6.37. The number of nitrogens with zero attached hydrogens (tertiary/aromatic N) is 2. The van der Waals surface area contributed by atoms with Gasteiger partial charge in [-0.25, -0.2) is 8.42 Å². The number of anilines is 1. The Labute approximate surface area is 263 Å². The molecule has 232 valence electrons. The van der Waals surface area contributed by atoms with Crippen LogP contribution in [-0.4, -0.2) is 58.5 Å². The van der Waals surface area contributed by atoms with Gasteiger partial charge in [-0.15, -0.1) is 0 Å². The highest BCUT2D eigenvalue weighted by molar-refractivity contribution is 7.92. The highest BCUT2D eigenvalue weighted by Crippen LogP contribution is 2.36. The second-order valence-electron chi connectivity index (χ2n) is 10.1. The third-order valence-corrected chi connectivity index (χ3v) is 9.21. The first kappa shape index (κ1) is 34.0. The van der Waals surface area contributed by atoms with Gasteiger partial charge in [0.05, 0.1) is 24.8 Å². The molecule has 1 atom stereocenters. The summed E-state index contributed by atoms with van der Waals surface area (Å²) in [4.78, 5) is 29.0. The molecular formula is C31H37Cl2N3O6S. The first-order chi connectivity index (χ1) is 20.4. The number of sulfonamides is 1. The molecule has 0 aromatic heterocycles. The van der Waals surface area contributed by atoms with Crippen LogP contribution in [0.3, 0.4) is 0 Å². The standard InChI is InChI=1S/C31H37Cl2N3O6S/c1-6-27(31(38)34-18-21(2)3)35(19-24-25(32)13-10-14-26(24)33)30(37)20-36(43(39,40)23-11-8-7-9-12-23)28-17-22(41-4)15-16-29(28)42-5/h7-17,21,27H,6,18-20H2,1-5H3,(H,34,38)/t27-/m0/s1. The molecular weight excluding hydrogens is 613 g/mol. The van der Waals surface area contributed by atoms with E-state index in [0.29, 0.717) is 27.9 Å². The van der Waals surface area contributed by atoms with E-state index < -0.39 is 28.5 Å². The monoisotopic (exact) mass is 649 g/mol. The second kappa shape index (κ2) is 15.3. The molecule has 0 heterocycles. The van der Waals surface area contributed by atoms with Crippen molar-refractivity contribution in [2.24, 2.45) is 5.92 Å². The van der Waals surface area contributed by atoms with E-state index in [-0.39, 0.29) is 41.1 Å². The molecule has 3 rings (SSSR count). The smallest absolute Gasteiger partial charge is 0.264 e. The van der Waals surface area contributed by atoms with E-state index in [1.807, 2.05) is 13.8 Å². The SMILES string of the molecule is CC[C@@H](C(=O)NCC(C)C)N(Cc1c(Cl)cccc1Cl)C(=O)CN(c1cc(OC)ccc1OC)S(=O)(=O)c1ccccc1. The van der Waals surface area contributed by atoms with E-state index in [9.17, 15) is 18.0 Å². The summed E-state index contributed by atoms with van der Waals surface area (Å²) in [6, 6.07) is 16.4. The predicted molar refractivity (Wildman–Crippen MR) is 169 cm³/mol. The van der Waals surface area contributed by atoms with Crippen molar-refractivity contribution in [2.45, 2.75) is 44.7 Å². The van der Waals surface area contributed by atoms with Crippen LogP contribution in [0.4, 0.5) is 5.69 Å². The topological polar surface area (TPSA) is 105 Å². The van der Waals surface area contributed by atoms with Gasteiger partial charge < -0.3 is 19.7 Å². The maximum Gasteiger partial charge on any atom is 0.264 e. The van der Waals surface area contributed by atoms with Crippen LogP contribution in [0.5, 0.6) is 11.5 Å². The van der Waals surface area contributed by atoms with Gasteiger partial charge in [0.25, 0.3) is 10.0 Å². The van der Waals surface area contributed by atoms with Crippen LogP contribution in [-0.2, 0) is 26.2 Å². The highest BCUT2D eigenvalue weighted by Gasteiger charge is 2.35. The molecule has 0 aliphatic heterocycles. The van der Waals surface area contributed by atoms with Crippen LogP contribution >= 0.6 is 23.2 Å². The van der Waals surface area contributed by atoms with E-state index in [4.69, 9.17) is 32.7 Å². The highest BCUT2D eigenvalue weighted by atomic mass is 35.5. The fourth-order valence-electron chi connectivity index (χ4n) is 4.42. The summed E-state index contributed by atoms with van der Waals surface area (Å²) in [5.74, 6) is -0.280. The summed E-state index contributed by atoms with van der Waals surface area (Å²) >= 11 is 13.0. The van der Waals surface area contributed by atoms with Crippen molar-refractivity contribution in [1.29, 1.82) is 0 Å². The summed E-state index contributed by atoms with van der Waals surface area (Å²) in [5.41, 5.74) is 0.526. The molecule has 0 unspecified atom stereocenters. The molecule has 9 nitrogen and oxygen atoms in total. The molecule has 0 spiro atoms. The van der Waals surface area contributed by atoms with E-state index >= 15 is 0 Å². The van der Waals surface area contributed by atoms with Crippen molar-refractivity contribution < 1.29 is 27.5 Å². The number of halogens is 2. The van der Waals surface area contributed by atoms with E-state index in [0.717, 1.165) is 4.31 Å². The number of rotatable bonds is 14. The van der Waals surface area contributed by atoms with Crippen molar-refractivity contribution in [3.8, 4) is 11.5 Å². The molecule has 3 aromatic carbocycles. The second-order valence-corrected chi connectivity index (χ2v) is 12.8. The Kier molecular flexibility index (Phi) is 12.1. The molecule has 1 N–H and O–H groups in total. The van der Waals surface area contributed by atoms with Crippen molar-refractivity contribution >= 4 is 50.7 Å². The maximum atomic E-state index is 14.3. The third-order valence-electron chi connectivity index (χ3n) is 6.73. The lowest BCUT2D eigenvalue weighted by atomic mass is 10.1. The number of carbonyl (C=O) groups excluding carboxylic acids is 2. The molecule has 2 amide bonds. The zero-order valence-electron chi connectivity index (χ0n) is 24.8. The average Bonchev–Trinajstić information content (AvgIpc) is 2.99. The van der Waals surface area contributed by atoms with Crippen molar-refractivity contribution in [3.05, 3.63) is 82.3 Å². The summed E-state index contributed by atoms with van der Waals surface area (Å²) in [6.45, 7) is 5.32. The third kappa shape index (κ3) is 8.34. The van der Waals surface area contributed by atoms with Gasteiger partial charge in [0.15, 0.2) is 0 Å². The number of benzene rings is 3. The predicted octanol–water partition coefficient (Wildman–Crippen LogP) is 5.79. The molecule has 3 aromatic rings. The summed E-state index contributed by atoms with van der Waals surface area (Å²) in [7, 11) is -1.46. The quantitative estimate of drug-likeness (QED) is 0.237. The normalized spacial score (nSPS) is 12.0. The number of hydrogen-bond acceptors (Lipinski definition) is 6. The zero-order chi connectivity index (χ0) is 31.7. The van der Waals surface area contributed by atoms with Crippen molar-refractivity contribution in [2.75, 3.05) is 31.6 Å². The molecule has 0 radical (unpaired) electrons. The average molecular weight is 651 g/mol. The molecule has 0 aliphatic carbocycles. The van der Waals surface area contributed by atoms with Gasteiger partial charge >= 0.3 is 0 Å². The lowest BCUT2D eigenvalue weighted by Gasteiger charge is -2.34. The minimum absolute atomic E-state index is 0.0323. The minimum atomic E-state index is -4.31.